The van der Waals surface area contributed by atoms with E-state index >= 15 is 0 Å². The van der Waals surface area contributed by atoms with Crippen LogP contribution in [0.4, 0.5) is 5.69 Å². The van der Waals surface area contributed by atoms with Crippen molar-refractivity contribution in [3.05, 3.63) is 45.9 Å². The Morgan fingerprint density at radius 2 is 1.95 bits per heavy atom. The van der Waals surface area contributed by atoms with Gasteiger partial charge in [-0.2, -0.15) is 0 Å². The highest BCUT2D eigenvalue weighted by molar-refractivity contribution is 7.19. The second kappa shape index (κ2) is 11.4. The second-order valence-corrected chi connectivity index (χ2v) is 11.1. The van der Waals surface area contributed by atoms with Gasteiger partial charge in [0.2, 0.25) is 11.8 Å². The number of amides is 2. The summed E-state index contributed by atoms with van der Waals surface area (Å²) in [5.41, 5.74) is 5.54. The number of hydrogen-bond donors (Lipinski definition) is 2. The van der Waals surface area contributed by atoms with Crippen LogP contribution in [0.5, 0.6) is 0 Å². The summed E-state index contributed by atoms with van der Waals surface area (Å²) < 4.78 is 6.86. The van der Waals surface area contributed by atoms with Gasteiger partial charge >= 0.3 is 0 Å². The fourth-order valence-corrected chi connectivity index (χ4v) is 7.07. The highest BCUT2D eigenvalue weighted by atomic mass is 35.5. The maximum Gasteiger partial charge on any atom is 0.290 e. The lowest BCUT2D eigenvalue weighted by molar-refractivity contribution is -0.139. The lowest BCUT2D eigenvalue weighted by Crippen LogP contribution is -2.46. The Labute approximate surface area is 229 Å². The van der Waals surface area contributed by atoms with E-state index in [9.17, 15) is 9.59 Å². The molecule has 0 unspecified atom stereocenters. The van der Waals surface area contributed by atoms with Gasteiger partial charge in [-0.3, -0.25) is 24.3 Å². The average molecular weight is 557 g/mol. The van der Waals surface area contributed by atoms with Crippen molar-refractivity contribution in [3.63, 3.8) is 0 Å². The van der Waals surface area contributed by atoms with Gasteiger partial charge in [0.15, 0.2) is 0 Å². The zero-order valence-electron chi connectivity index (χ0n) is 21.0. The van der Waals surface area contributed by atoms with Crippen LogP contribution in [0.3, 0.4) is 0 Å². The molecule has 2 N–H and O–H groups in total. The van der Waals surface area contributed by atoms with Gasteiger partial charge in [-0.05, 0) is 42.7 Å². The van der Waals surface area contributed by atoms with Crippen LogP contribution in [0, 0.1) is 0 Å². The summed E-state index contributed by atoms with van der Waals surface area (Å²) in [5, 5.41) is 11.1. The largest absolute Gasteiger partial charge is 0.483 e. The first kappa shape index (κ1) is 26.6. The number of thiophene rings is 1. The fourth-order valence-electron chi connectivity index (χ4n) is 5.70. The van der Waals surface area contributed by atoms with Gasteiger partial charge in [-0.15, -0.1) is 11.3 Å². The SMILES string of the molecule is CO[C@@H]1CNC[C@H]1N1CCCc2cc(Cl)cc(-c3ccnc4cc(CN5C(=O)CCC5=O)sc34)c21.O=CO. The molecule has 2 atom stereocenters. The number of pyridine rings is 1. The van der Waals surface area contributed by atoms with E-state index in [0.29, 0.717) is 19.4 Å². The number of ether oxygens (including phenoxy) is 1. The van der Waals surface area contributed by atoms with Crippen LogP contribution < -0.4 is 10.2 Å². The van der Waals surface area contributed by atoms with E-state index < -0.39 is 0 Å². The highest BCUT2D eigenvalue weighted by Crippen LogP contribution is 2.45. The molecule has 3 aliphatic rings. The number of halogens is 1. The van der Waals surface area contributed by atoms with Crippen molar-refractivity contribution in [1.29, 1.82) is 0 Å². The van der Waals surface area contributed by atoms with Gasteiger partial charge in [0.1, 0.15) is 0 Å². The normalized spacial score (nSPS) is 21.0. The molecule has 11 heteroatoms. The van der Waals surface area contributed by atoms with E-state index in [1.165, 1.54) is 16.2 Å². The zero-order chi connectivity index (χ0) is 26.8. The van der Waals surface area contributed by atoms with Gasteiger partial charge in [-0.25, -0.2) is 0 Å². The predicted octanol–water partition coefficient (Wildman–Crippen LogP) is 3.71. The molecular weight excluding hydrogens is 528 g/mol. The van der Waals surface area contributed by atoms with Crippen LogP contribution in [0.1, 0.15) is 29.7 Å². The molecule has 200 valence electrons. The van der Waals surface area contributed by atoms with Crippen molar-refractivity contribution in [2.24, 2.45) is 0 Å². The van der Waals surface area contributed by atoms with Crippen molar-refractivity contribution in [2.75, 3.05) is 31.6 Å². The standard InChI is InChI=1S/C26H27ClN4O3S.CH2O2/c1-34-22-13-28-12-21(22)30-8-2-3-15-9-16(27)10-19(25(15)30)18-6-7-29-20-11-17(35-26(18)20)14-31-23(32)4-5-24(31)33;2-1-3/h6-7,9-11,21-22,28H,2-5,8,12-14H2,1H3;1H,(H,2,3)/t21-,22-;/m1./s1. The minimum atomic E-state index is -0.250. The molecule has 3 aliphatic heterocycles. The molecule has 3 aromatic rings. The summed E-state index contributed by atoms with van der Waals surface area (Å²) in [5.74, 6) is -0.198. The minimum absolute atomic E-state index is 0.0990. The number of methoxy groups -OCH3 is 1. The number of hydrogen-bond acceptors (Lipinski definition) is 8. The number of carbonyl (C=O) groups is 3. The van der Waals surface area contributed by atoms with E-state index in [0.717, 1.165) is 63.7 Å². The second-order valence-electron chi connectivity index (χ2n) is 9.52. The molecule has 2 amide bonds. The van der Waals surface area contributed by atoms with E-state index in [2.05, 4.69) is 27.3 Å². The van der Waals surface area contributed by atoms with E-state index in [-0.39, 0.29) is 30.4 Å². The summed E-state index contributed by atoms with van der Waals surface area (Å²) >= 11 is 8.24. The third-order valence-electron chi connectivity index (χ3n) is 7.34. The van der Waals surface area contributed by atoms with Crippen LogP contribution in [-0.2, 0) is 32.1 Å². The number of nitrogens with one attached hydrogen (secondary N) is 1. The van der Waals surface area contributed by atoms with Gasteiger partial charge in [0.25, 0.3) is 6.47 Å². The zero-order valence-corrected chi connectivity index (χ0v) is 22.6. The maximum atomic E-state index is 12.2. The van der Waals surface area contributed by atoms with Crippen LogP contribution >= 0.6 is 22.9 Å². The molecule has 6 rings (SSSR count). The number of carbonyl (C=O) groups excluding carboxylic acids is 2. The first-order chi connectivity index (χ1) is 18.4. The van der Waals surface area contributed by atoms with Crippen LogP contribution in [-0.4, -0.2) is 72.2 Å². The molecule has 1 aromatic carbocycles. The molecule has 0 saturated carbocycles. The molecule has 38 heavy (non-hydrogen) atoms. The number of aromatic nitrogens is 1. The number of aryl methyl sites for hydroxylation is 1. The van der Waals surface area contributed by atoms with Gasteiger partial charge in [0, 0.05) is 72.5 Å². The monoisotopic (exact) mass is 556 g/mol. The van der Waals surface area contributed by atoms with Crippen LogP contribution in [0.15, 0.2) is 30.5 Å². The van der Waals surface area contributed by atoms with Gasteiger partial charge in [-0.1, -0.05) is 11.6 Å². The number of likely N-dealkylation sites (tertiary alicyclic amines) is 1. The molecule has 2 saturated heterocycles. The average Bonchev–Trinajstić information content (AvgIpc) is 3.63. The van der Waals surface area contributed by atoms with Crippen LogP contribution in [0.25, 0.3) is 21.3 Å². The smallest absolute Gasteiger partial charge is 0.290 e. The number of nitrogens with zero attached hydrogens (tertiary/aromatic N) is 3. The summed E-state index contributed by atoms with van der Waals surface area (Å²) in [4.78, 5) is 42.1. The van der Waals surface area contributed by atoms with E-state index in [4.69, 9.17) is 26.2 Å². The summed E-state index contributed by atoms with van der Waals surface area (Å²) in [7, 11) is 1.79. The lowest BCUT2D eigenvalue weighted by Gasteiger charge is -2.39. The molecule has 9 nitrogen and oxygen atoms in total. The summed E-state index contributed by atoms with van der Waals surface area (Å²) in [6.07, 6.45) is 4.63. The third-order valence-corrected chi connectivity index (χ3v) is 8.70. The summed E-state index contributed by atoms with van der Waals surface area (Å²) in [6.45, 7) is 2.75. The van der Waals surface area contributed by atoms with Gasteiger partial charge in [0.05, 0.1) is 28.9 Å². The minimum Gasteiger partial charge on any atom is -0.483 e. The van der Waals surface area contributed by atoms with Crippen molar-refractivity contribution in [1.82, 2.24) is 15.2 Å². The van der Waals surface area contributed by atoms with Crippen molar-refractivity contribution < 1.29 is 24.2 Å². The number of anilines is 1. The number of carboxylic acid groups (broad SMARTS) is 1. The molecule has 0 radical (unpaired) electrons. The predicted molar refractivity (Wildman–Crippen MR) is 147 cm³/mol. The Hall–Kier alpha value is -3.05. The molecule has 0 bridgehead atoms. The number of fused-ring (bicyclic) bond motifs is 2. The van der Waals surface area contributed by atoms with E-state index in [1.54, 1.807) is 18.4 Å². The summed E-state index contributed by atoms with van der Waals surface area (Å²) in [6, 6.07) is 8.46. The Balaban J connectivity index is 0.000000937. The quantitative estimate of drug-likeness (QED) is 0.361. The molecule has 2 fully saturated rings. The third kappa shape index (κ3) is 5.01. The Bertz CT molecular complexity index is 1360. The fraction of sp³-hybridized carbons (Fsp3) is 0.407. The van der Waals surface area contributed by atoms with Crippen molar-refractivity contribution in [3.8, 4) is 11.1 Å². The number of rotatable bonds is 5. The number of benzene rings is 1. The Morgan fingerprint density at radius 3 is 2.68 bits per heavy atom. The first-order valence-corrected chi connectivity index (χ1v) is 13.8. The topological polar surface area (TPSA) is 112 Å². The highest BCUT2D eigenvalue weighted by Gasteiger charge is 2.36. The molecule has 5 heterocycles. The van der Waals surface area contributed by atoms with Gasteiger partial charge < -0.3 is 20.1 Å². The molecule has 0 spiro atoms. The van der Waals surface area contributed by atoms with Crippen molar-refractivity contribution >= 4 is 57.1 Å². The molecule has 0 aliphatic carbocycles. The van der Waals surface area contributed by atoms with E-state index in [1.807, 2.05) is 18.3 Å². The molecule has 2 aromatic heterocycles. The molecular formula is C27H29ClN4O5S. The Morgan fingerprint density at radius 1 is 1.18 bits per heavy atom. The maximum absolute atomic E-state index is 12.2. The van der Waals surface area contributed by atoms with Crippen molar-refractivity contribution in [2.45, 2.75) is 44.4 Å². The first-order valence-electron chi connectivity index (χ1n) is 12.6. The van der Waals surface area contributed by atoms with Crippen LogP contribution in [0.2, 0.25) is 5.02 Å². The Kier molecular flexibility index (Phi) is 7.94. The number of imide groups is 1. The lowest BCUT2D eigenvalue weighted by atomic mass is 9.92.